The Morgan fingerprint density at radius 1 is 1.29 bits per heavy atom. The fourth-order valence-corrected chi connectivity index (χ4v) is 5.74. The van der Waals surface area contributed by atoms with Crippen LogP contribution in [0, 0.1) is 0 Å². The maximum atomic E-state index is 12.7. The van der Waals surface area contributed by atoms with Crippen molar-refractivity contribution in [3.8, 4) is 0 Å². The van der Waals surface area contributed by atoms with Gasteiger partial charge in [-0.05, 0) is 35.9 Å². The van der Waals surface area contributed by atoms with Crippen molar-refractivity contribution in [2.24, 2.45) is 0 Å². The second-order valence-corrected chi connectivity index (χ2v) is 8.99. The van der Waals surface area contributed by atoms with Crippen LogP contribution >= 0.6 is 22.9 Å². The number of carbonyl (C=O) groups is 1. The van der Waals surface area contributed by atoms with Crippen molar-refractivity contribution in [3.05, 3.63) is 52.4 Å². The van der Waals surface area contributed by atoms with Gasteiger partial charge in [0.05, 0.1) is 0 Å². The molecule has 1 atom stereocenters. The predicted octanol–water partition coefficient (Wildman–Crippen LogP) is 2.87. The number of benzene rings is 1. The summed E-state index contributed by atoms with van der Waals surface area (Å²) in [7, 11) is -3.62. The predicted molar refractivity (Wildman–Crippen MR) is 94.5 cm³/mol. The summed E-state index contributed by atoms with van der Waals surface area (Å²) >= 11 is 7.24. The lowest BCUT2D eigenvalue weighted by molar-refractivity contribution is -0.124. The molecule has 0 aliphatic carbocycles. The zero-order chi connectivity index (χ0) is 17.2. The molecule has 0 spiro atoms. The molecule has 1 aliphatic heterocycles. The number of hydrogen-bond acceptors (Lipinski definition) is 4. The first kappa shape index (κ1) is 17.4. The number of thiophene rings is 1. The van der Waals surface area contributed by atoms with Crippen LogP contribution in [0.4, 0.5) is 0 Å². The number of nitrogens with one attached hydrogen (secondary N) is 1. The van der Waals surface area contributed by atoms with E-state index in [9.17, 15) is 13.2 Å². The summed E-state index contributed by atoms with van der Waals surface area (Å²) in [6.07, 6.45) is 1.20. The zero-order valence-electron chi connectivity index (χ0n) is 12.8. The number of amides is 1. The molecule has 128 valence electrons. The lowest BCUT2D eigenvalue weighted by Gasteiger charge is -2.22. The topological polar surface area (TPSA) is 66.5 Å². The van der Waals surface area contributed by atoms with Crippen molar-refractivity contribution in [3.63, 3.8) is 0 Å². The maximum Gasteiger partial charge on any atom is 0.253 e. The molecule has 1 aromatic carbocycles. The van der Waals surface area contributed by atoms with Crippen LogP contribution in [0.2, 0.25) is 5.02 Å². The van der Waals surface area contributed by atoms with Crippen molar-refractivity contribution in [1.29, 1.82) is 0 Å². The van der Waals surface area contributed by atoms with Crippen LogP contribution in [-0.2, 0) is 21.4 Å². The van der Waals surface area contributed by atoms with E-state index in [1.165, 1.54) is 4.31 Å². The molecule has 2 heterocycles. The first-order valence-corrected chi connectivity index (χ1v) is 10.3. The number of carbonyl (C=O) groups excluding carboxylic acids is 1. The second-order valence-electron chi connectivity index (χ2n) is 5.52. The van der Waals surface area contributed by atoms with Gasteiger partial charge in [0.1, 0.15) is 10.3 Å². The highest BCUT2D eigenvalue weighted by molar-refractivity contribution is 7.91. The van der Waals surface area contributed by atoms with Crippen molar-refractivity contribution in [2.75, 3.05) is 6.54 Å². The molecule has 3 rings (SSSR count). The second kappa shape index (κ2) is 7.23. The molecule has 0 saturated carbocycles. The van der Waals surface area contributed by atoms with E-state index in [2.05, 4.69) is 5.32 Å². The van der Waals surface area contributed by atoms with Crippen molar-refractivity contribution >= 4 is 38.9 Å². The maximum absolute atomic E-state index is 12.7. The summed E-state index contributed by atoms with van der Waals surface area (Å²) in [6.45, 7) is 0.645. The molecular weight excluding hydrogens is 368 g/mol. The van der Waals surface area contributed by atoms with Gasteiger partial charge in [0.25, 0.3) is 10.0 Å². The van der Waals surface area contributed by atoms with Gasteiger partial charge in [-0.2, -0.15) is 4.31 Å². The Morgan fingerprint density at radius 3 is 2.79 bits per heavy atom. The Bertz CT molecular complexity index is 822. The van der Waals surface area contributed by atoms with Gasteiger partial charge in [-0.15, -0.1) is 11.3 Å². The molecule has 5 nitrogen and oxygen atoms in total. The van der Waals surface area contributed by atoms with Crippen molar-refractivity contribution in [2.45, 2.75) is 29.6 Å². The molecule has 0 radical (unpaired) electrons. The Labute approximate surface area is 150 Å². The first-order chi connectivity index (χ1) is 11.5. The molecule has 1 N–H and O–H groups in total. The van der Waals surface area contributed by atoms with Crippen LogP contribution in [-0.4, -0.2) is 31.2 Å². The summed E-state index contributed by atoms with van der Waals surface area (Å²) in [6, 6.07) is 9.84. The van der Waals surface area contributed by atoms with Crippen molar-refractivity contribution in [1.82, 2.24) is 9.62 Å². The molecule has 1 aliphatic rings. The van der Waals surface area contributed by atoms with Crippen LogP contribution in [0.15, 0.2) is 46.0 Å². The van der Waals surface area contributed by atoms with Gasteiger partial charge >= 0.3 is 0 Å². The Hall–Kier alpha value is -1.41. The van der Waals surface area contributed by atoms with E-state index < -0.39 is 16.1 Å². The van der Waals surface area contributed by atoms with Gasteiger partial charge in [0.15, 0.2) is 0 Å². The van der Waals surface area contributed by atoms with Gasteiger partial charge in [-0.1, -0.05) is 35.9 Å². The van der Waals surface area contributed by atoms with E-state index in [1.807, 2.05) is 18.2 Å². The SMILES string of the molecule is O=C(NCc1ccccc1Cl)C1CCCN1S(=O)(=O)c1cccs1. The summed E-state index contributed by atoms with van der Waals surface area (Å²) < 4.78 is 26.9. The van der Waals surface area contributed by atoms with E-state index in [-0.39, 0.29) is 16.7 Å². The molecule has 1 saturated heterocycles. The highest BCUT2D eigenvalue weighted by Crippen LogP contribution is 2.28. The average Bonchev–Trinajstić information content (AvgIpc) is 3.25. The fraction of sp³-hybridized carbons (Fsp3) is 0.312. The third-order valence-electron chi connectivity index (χ3n) is 3.98. The number of rotatable bonds is 5. The molecule has 8 heteroatoms. The van der Waals surface area contributed by atoms with E-state index in [1.54, 1.807) is 23.6 Å². The third-order valence-corrected chi connectivity index (χ3v) is 7.63. The van der Waals surface area contributed by atoms with Gasteiger partial charge in [0, 0.05) is 18.1 Å². The van der Waals surface area contributed by atoms with Crippen LogP contribution < -0.4 is 5.32 Å². The molecule has 1 fully saturated rings. The molecule has 1 aromatic heterocycles. The minimum atomic E-state index is -3.62. The Morgan fingerprint density at radius 2 is 2.08 bits per heavy atom. The normalized spacial score (nSPS) is 18.6. The summed E-state index contributed by atoms with van der Waals surface area (Å²) in [5.74, 6) is -0.285. The number of nitrogens with zero attached hydrogens (tertiary/aromatic N) is 1. The highest BCUT2D eigenvalue weighted by atomic mass is 35.5. The van der Waals surface area contributed by atoms with E-state index in [0.717, 1.165) is 16.9 Å². The highest BCUT2D eigenvalue weighted by Gasteiger charge is 2.39. The fourth-order valence-electron chi connectivity index (χ4n) is 2.76. The van der Waals surface area contributed by atoms with E-state index in [0.29, 0.717) is 24.4 Å². The monoisotopic (exact) mass is 384 g/mol. The smallest absolute Gasteiger partial charge is 0.253 e. The zero-order valence-corrected chi connectivity index (χ0v) is 15.2. The molecule has 0 bridgehead atoms. The minimum absolute atomic E-state index is 0.272. The quantitative estimate of drug-likeness (QED) is 0.861. The summed E-state index contributed by atoms with van der Waals surface area (Å²) in [5, 5.41) is 5.10. The van der Waals surface area contributed by atoms with E-state index >= 15 is 0 Å². The number of halogens is 1. The number of sulfonamides is 1. The molecule has 1 unspecified atom stereocenters. The van der Waals surface area contributed by atoms with Gasteiger partial charge < -0.3 is 5.32 Å². The Kier molecular flexibility index (Phi) is 5.24. The van der Waals surface area contributed by atoms with Crippen LogP contribution in [0.1, 0.15) is 18.4 Å². The van der Waals surface area contributed by atoms with Gasteiger partial charge in [0.2, 0.25) is 5.91 Å². The Balaban J connectivity index is 1.71. The van der Waals surface area contributed by atoms with Crippen LogP contribution in [0.5, 0.6) is 0 Å². The largest absolute Gasteiger partial charge is 0.351 e. The molecule has 1 amide bonds. The van der Waals surface area contributed by atoms with Crippen molar-refractivity contribution < 1.29 is 13.2 Å². The number of hydrogen-bond donors (Lipinski definition) is 1. The molecule has 24 heavy (non-hydrogen) atoms. The first-order valence-electron chi connectivity index (χ1n) is 7.56. The van der Waals surface area contributed by atoms with Gasteiger partial charge in [-0.25, -0.2) is 8.42 Å². The minimum Gasteiger partial charge on any atom is -0.351 e. The lowest BCUT2D eigenvalue weighted by atomic mass is 10.2. The van der Waals surface area contributed by atoms with Crippen LogP contribution in [0.3, 0.4) is 0 Å². The molecule has 2 aromatic rings. The third kappa shape index (κ3) is 3.49. The summed E-state index contributed by atoms with van der Waals surface area (Å²) in [4.78, 5) is 12.5. The molecular formula is C16H17ClN2O3S2. The van der Waals surface area contributed by atoms with Gasteiger partial charge in [-0.3, -0.25) is 4.79 Å². The lowest BCUT2D eigenvalue weighted by Crippen LogP contribution is -2.45. The van der Waals surface area contributed by atoms with E-state index in [4.69, 9.17) is 11.6 Å². The standard InChI is InChI=1S/C16H17ClN2O3S2/c17-13-6-2-1-5-12(13)11-18-16(20)14-7-3-9-19(14)24(21,22)15-8-4-10-23-15/h1-2,4-6,8,10,14H,3,7,9,11H2,(H,18,20). The average molecular weight is 385 g/mol. The van der Waals surface area contributed by atoms with Crippen LogP contribution in [0.25, 0.3) is 0 Å². The summed E-state index contributed by atoms with van der Waals surface area (Å²) in [5.41, 5.74) is 0.804.